The molecule has 0 aliphatic carbocycles. The van der Waals surface area contributed by atoms with Crippen LogP contribution >= 0.6 is 8.45 Å². The average Bonchev–Trinajstić information content (AvgIpc) is 3.32. The summed E-state index contributed by atoms with van der Waals surface area (Å²) in [5.74, 6) is 0.751. The molecule has 2 fully saturated rings. The van der Waals surface area contributed by atoms with Crippen LogP contribution in [-0.2, 0) is 9.26 Å². The van der Waals surface area contributed by atoms with Gasteiger partial charge in [-0.3, -0.25) is 0 Å². The summed E-state index contributed by atoms with van der Waals surface area (Å²) in [6.07, 6.45) is 2.52. The van der Waals surface area contributed by atoms with Crippen LogP contribution in [-0.4, -0.2) is 47.9 Å². The molecule has 1 aromatic carbocycles. The molecule has 5 nitrogen and oxygen atoms in total. The van der Waals surface area contributed by atoms with E-state index in [1.54, 1.807) is 0 Å². The molecule has 3 aliphatic rings. The van der Waals surface area contributed by atoms with E-state index in [9.17, 15) is 0 Å². The molecule has 0 amide bonds. The van der Waals surface area contributed by atoms with Crippen molar-refractivity contribution in [3.63, 3.8) is 0 Å². The molecule has 1 aromatic rings. The van der Waals surface area contributed by atoms with Crippen molar-refractivity contribution >= 4 is 20.0 Å². The van der Waals surface area contributed by atoms with Gasteiger partial charge in [0.25, 0.3) is 0 Å². The van der Waals surface area contributed by atoms with Gasteiger partial charge in [0.1, 0.15) is 12.2 Å². The van der Waals surface area contributed by atoms with Gasteiger partial charge < -0.3 is 13.9 Å². The minimum Gasteiger partial charge on any atom is -0.477 e. The van der Waals surface area contributed by atoms with Crippen LogP contribution in [0.5, 0.6) is 0 Å². The lowest BCUT2D eigenvalue weighted by molar-refractivity contribution is 0.147. The van der Waals surface area contributed by atoms with Crippen LogP contribution in [0.4, 0.5) is 5.69 Å². The maximum Gasteiger partial charge on any atom is 0.219 e. The molecular weight excluding hydrogens is 357 g/mol. The van der Waals surface area contributed by atoms with Gasteiger partial charge in [-0.1, -0.05) is 39.0 Å². The number of fused-ring (bicyclic) bond motifs is 1. The zero-order valence-corrected chi connectivity index (χ0v) is 18.1. The van der Waals surface area contributed by atoms with Gasteiger partial charge in [0.15, 0.2) is 0 Å². The Balaban J connectivity index is 1.57. The quantitative estimate of drug-likeness (QED) is 0.691. The molecule has 0 bridgehead atoms. The van der Waals surface area contributed by atoms with Crippen LogP contribution in [0.3, 0.4) is 0 Å². The van der Waals surface area contributed by atoms with Crippen molar-refractivity contribution in [3.05, 3.63) is 30.3 Å². The highest BCUT2D eigenvalue weighted by Crippen LogP contribution is 2.58. The van der Waals surface area contributed by atoms with E-state index < -0.39 is 14.1 Å². The Hall–Kier alpha value is -1.16. The summed E-state index contributed by atoms with van der Waals surface area (Å²) in [6, 6.07) is 11.4. The molecule has 4 rings (SSSR count). The average molecular weight is 389 g/mol. The van der Waals surface area contributed by atoms with Crippen molar-refractivity contribution in [1.82, 2.24) is 4.67 Å². The second-order valence-electron chi connectivity index (χ2n) is 9.36. The third kappa shape index (κ3) is 3.74. The topological polar surface area (TPSA) is 37.3 Å². The van der Waals surface area contributed by atoms with Gasteiger partial charge >= 0.3 is 0 Å². The normalized spacial score (nSPS) is 29.0. The Morgan fingerprint density at radius 2 is 1.89 bits per heavy atom. The van der Waals surface area contributed by atoms with Crippen LogP contribution in [0.1, 0.15) is 47.5 Å². The van der Waals surface area contributed by atoms with Gasteiger partial charge in [0, 0.05) is 24.8 Å². The maximum atomic E-state index is 6.79. The molecule has 0 N–H and O–H groups in total. The monoisotopic (exact) mass is 389 g/mol. The fourth-order valence-electron chi connectivity index (χ4n) is 3.94. The summed E-state index contributed by atoms with van der Waals surface area (Å²) in [6.45, 7) is 13.7. The third-order valence-corrected chi connectivity index (χ3v) is 8.08. The highest BCUT2D eigenvalue weighted by Gasteiger charge is 2.48. The second kappa shape index (κ2) is 7.02. The highest BCUT2D eigenvalue weighted by molar-refractivity contribution is 7.52. The maximum absolute atomic E-state index is 6.79. The molecule has 0 spiro atoms. The number of benzene rings is 1. The first kappa shape index (κ1) is 19.2. The SMILES string of the molecule is CC(C)(OP1N(c2ccccc2)C[C@@H]2CCCN21)C1=N[C@@H](C(C)(C)C)CO1. The third-order valence-electron chi connectivity index (χ3n) is 5.69. The fourth-order valence-corrected chi connectivity index (χ4v) is 6.34. The van der Waals surface area contributed by atoms with Crippen LogP contribution in [0.25, 0.3) is 0 Å². The lowest BCUT2D eigenvalue weighted by atomic mass is 9.88. The fraction of sp³-hybridized carbons (Fsp3) is 0.667. The molecule has 148 valence electrons. The summed E-state index contributed by atoms with van der Waals surface area (Å²) in [5.41, 5.74) is 0.818. The summed E-state index contributed by atoms with van der Waals surface area (Å²) in [4.78, 5) is 4.90. The molecule has 3 aliphatic heterocycles. The van der Waals surface area contributed by atoms with Crippen LogP contribution in [0.15, 0.2) is 35.3 Å². The van der Waals surface area contributed by atoms with Gasteiger partial charge in [0.05, 0.1) is 6.04 Å². The van der Waals surface area contributed by atoms with Gasteiger partial charge in [-0.05, 0) is 44.2 Å². The number of para-hydroxylation sites is 1. The lowest BCUT2D eigenvalue weighted by Crippen LogP contribution is -2.36. The Kier molecular flexibility index (Phi) is 4.99. The minimum atomic E-state index is -0.866. The number of aliphatic imine (C=N–C) groups is 1. The van der Waals surface area contributed by atoms with Crippen molar-refractivity contribution in [2.24, 2.45) is 10.4 Å². The summed E-state index contributed by atoms with van der Waals surface area (Å²) in [7, 11) is -0.866. The molecule has 1 unspecified atom stereocenters. The number of ether oxygens (including phenoxy) is 1. The first-order valence-electron chi connectivity index (χ1n) is 10.0. The van der Waals surface area contributed by atoms with Gasteiger partial charge in [-0.15, -0.1) is 0 Å². The molecule has 2 saturated heterocycles. The van der Waals surface area contributed by atoms with E-state index in [4.69, 9.17) is 14.3 Å². The van der Waals surface area contributed by atoms with Gasteiger partial charge in [-0.2, -0.15) is 0 Å². The van der Waals surface area contributed by atoms with Crippen molar-refractivity contribution < 1.29 is 9.26 Å². The van der Waals surface area contributed by atoms with E-state index in [-0.39, 0.29) is 11.5 Å². The molecule has 0 aromatic heterocycles. The van der Waals surface area contributed by atoms with Gasteiger partial charge in [-0.25, -0.2) is 9.66 Å². The Labute approximate surface area is 164 Å². The largest absolute Gasteiger partial charge is 0.477 e. The van der Waals surface area contributed by atoms with Crippen LogP contribution in [0.2, 0.25) is 0 Å². The van der Waals surface area contributed by atoms with Crippen molar-refractivity contribution in [2.45, 2.75) is 65.1 Å². The zero-order valence-electron chi connectivity index (χ0n) is 17.2. The number of rotatable bonds is 4. The second-order valence-corrected chi connectivity index (χ2v) is 11.0. The molecule has 27 heavy (non-hydrogen) atoms. The number of anilines is 1. The van der Waals surface area contributed by atoms with Crippen LogP contribution < -0.4 is 4.67 Å². The number of nitrogens with zero attached hydrogens (tertiary/aromatic N) is 3. The van der Waals surface area contributed by atoms with Crippen molar-refractivity contribution in [2.75, 3.05) is 24.4 Å². The van der Waals surface area contributed by atoms with Gasteiger partial charge in [0.2, 0.25) is 14.3 Å². The molecule has 6 heteroatoms. The van der Waals surface area contributed by atoms with E-state index in [2.05, 4.69) is 74.3 Å². The highest BCUT2D eigenvalue weighted by atomic mass is 31.2. The Morgan fingerprint density at radius 1 is 1.15 bits per heavy atom. The van der Waals surface area contributed by atoms with E-state index >= 15 is 0 Å². The summed E-state index contributed by atoms with van der Waals surface area (Å²) >= 11 is 0. The number of hydrogen-bond acceptors (Lipinski definition) is 5. The molecule has 0 radical (unpaired) electrons. The first-order valence-corrected chi connectivity index (χ1v) is 11.2. The zero-order chi connectivity index (χ0) is 19.2. The van der Waals surface area contributed by atoms with E-state index in [0.29, 0.717) is 12.6 Å². The van der Waals surface area contributed by atoms with Crippen molar-refractivity contribution in [1.29, 1.82) is 0 Å². The van der Waals surface area contributed by atoms with Crippen LogP contribution in [0, 0.1) is 5.41 Å². The van der Waals surface area contributed by atoms with E-state index in [1.807, 2.05) is 0 Å². The standard InChI is InChI=1S/C21H32N3O2P/c1-20(2,3)18-15-25-19(22-18)21(4,5)26-27-23-13-9-12-17(23)14-24(27)16-10-7-6-8-11-16/h6-8,10-11,17-18H,9,12-15H2,1-5H3/t17-,18+,27?/m0/s1. The smallest absolute Gasteiger partial charge is 0.219 e. The number of hydrogen-bond donors (Lipinski definition) is 0. The van der Waals surface area contributed by atoms with E-state index in [1.165, 1.54) is 18.5 Å². The molecule has 3 atom stereocenters. The Morgan fingerprint density at radius 3 is 2.56 bits per heavy atom. The lowest BCUT2D eigenvalue weighted by Gasteiger charge is -2.35. The predicted octanol–water partition coefficient (Wildman–Crippen LogP) is 4.84. The summed E-state index contributed by atoms with van der Waals surface area (Å²) < 4.78 is 17.8. The molecular formula is C21H32N3O2P. The van der Waals surface area contributed by atoms with E-state index in [0.717, 1.165) is 19.0 Å². The molecule has 3 heterocycles. The first-order chi connectivity index (χ1) is 12.8. The Bertz CT molecular complexity index is 701. The predicted molar refractivity (Wildman–Crippen MR) is 112 cm³/mol. The van der Waals surface area contributed by atoms with Crippen molar-refractivity contribution in [3.8, 4) is 0 Å². The summed E-state index contributed by atoms with van der Waals surface area (Å²) in [5, 5.41) is 0. The minimum absolute atomic E-state index is 0.104. The molecule has 0 saturated carbocycles.